The number of anilines is 1. The fraction of sp³-hybridized carbons (Fsp3) is 0.250. The molecule has 24 heavy (non-hydrogen) atoms. The van der Waals surface area contributed by atoms with Crippen LogP contribution in [0.2, 0.25) is 0 Å². The van der Waals surface area contributed by atoms with Crippen LogP contribution in [0.3, 0.4) is 0 Å². The molecule has 4 heterocycles. The number of nitrogens with zero attached hydrogens (tertiary/aromatic N) is 7. The Morgan fingerprint density at radius 3 is 2.92 bits per heavy atom. The number of imidazole rings is 1. The third-order valence-corrected chi connectivity index (χ3v) is 3.89. The van der Waals surface area contributed by atoms with Gasteiger partial charge in [-0.1, -0.05) is 6.07 Å². The van der Waals surface area contributed by atoms with Gasteiger partial charge in [-0.05, 0) is 19.1 Å². The van der Waals surface area contributed by atoms with Crippen LogP contribution in [0.25, 0.3) is 5.65 Å². The van der Waals surface area contributed by atoms with Gasteiger partial charge in [-0.2, -0.15) is 10.2 Å². The van der Waals surface area contributed by atoms with Gasteiger partial charge >= 0.3 is 0 Å². The molecular formula is C16H18N8. The van der Waals surface area contributed by atoms with E-state index >= 15 is 0 Å². The summed E-state index contributed by atoms with van der Waals surface area (Å²) in [4.78, 5) is 8.85. The van der Waals surface area contributed by atoms with E-state index in [-0.39, 0.29) is 6.04 Å². The predicted molar refractivity (Wildman–Crippen MR) is 89.6 cm³/mol. The second kappa shape index (κ2) is 5.80. The number of hydrogen-bond acceptors (Lipinski definition) is 5. The smallest absolute Gasteiger partial charge is 0.148 e. The Bertz CT molecular complexity index is 930. The molecule has 0 spiro atoms. The first-order valence-electron chi connectivity index (χ1n) is 7.74. The molecule has 0 aromatic carbocycles. The molecule has 8 nitrogen and oxygen atoms in total. The summed E-state index contributed by atoms with van der Waals surface area (Å²) >= 11 is 0. The average molecular weight is 322 g/mol. The zero-order valence-corrected chi connectivity index (χ0v) is 13.5. The molecule has 0 radical (unpaired) electrons. The van der Waals surface area contributed by atoms with Crippen molar-refractivity contribution in [2.24, 2.45) is 7.05 Å². The van der Waals surface area contributed by atoms with Crippen LogP contribution in [-0.4, -0.2) is 33.9 Å². The van der Waals surface area contributed by atoms with Gasteiger partial charge in [-0.3, -0.25) is 9.36 Å². The maximum Gasteiger partial charge on any atom is 0.148 e. The maximum atomic E-state index is 4.59. The molecule has 0 aliphatic rings. The van der Waals surface area contributed by atoms with E-state index in [1.807, 2.05) is 66.0 Å². The molecular weight excluding hydrogens is 304 g/mol. The Balaban J connectivity index is 1.47. The van der Waals surface area contributed by atoms with Crippen LogP contribution in [0.5, 0.6) is 0 Å². The second-order valence-corrected chi connectivity index (χ2v) is 5.73. The lowest BCUT2D eigenvalue weighted by Crippen LogP contribution is -2.12. The number of fused-ring (bicyclic) bond motifs is 1. The van der Waals surface area contributed by atoms with Crippen LogP contribution in [0.4, 0.5) is 5.69 Å². The summed E-state index contributed by atoms with van der Waals surface area (Å²) in [6, 6.07) is 6.01. The molecule has 122 valence electrons. The topological polar surface area (TPSA) is 77.9 Å². The lowest BCUT2D eigenvalue weighted by atomic mass is 10.3. The van der Waals surface area contributed by atoms with Gasteiger partial charge in [0.25, 0.3) is 0 Å². The van der Waals surface area contributed by atoms with Crippen molar-refractivity contribution < 1.29 is 0 Å². The fourth-order valence-electron chi connectivity index (χ4n) is 2.77. The van der Waals surface area contributed by atoms with Gasteiger partial charge in [0.1, 0.15) is 17.8 Å². The molecule has 1 unspecified atom stereocenters. The molecule has 0 saturated carbocycles. The molecule has 1 atom stereocenters. The Morgan fingerprint density at radius 2 is 2.12 bits per heavy atom. The SMILES string of the molecule is CC(Nc1cnn(Cc2cn3ccccc3n2)c1)c1ncnn1C. The Morgan fingerprint density at radius 1 is 1.21 bits per heavy atom. The fourth-order valence-corrected chi connectivity index (χ4v) is 2.77. The van der Waals surface area contributed by atoms with Crippen molar-refractivity contribution in [3.05, 3.63) is 60.8 Å². The van der Waals surface area contributed by atoms with E-state index in [1.165, 1.54) is 0 Å². The number of aryl methyl sites for hydroxylation is 1. The minimum Gasteiger partial charge on any atom is -0.373 e. The Labute approximate surface area is 138 Å². The summed E-state index contributed by atoms with van der Waals surface area (Å²) in [7, 11) is 1.88. The molecule has 0 amide bonds. The molecule has 4 rings (SSSR count). The highest BCUT2D eigenvalue weighted by Gasteiger charge is 2.12. The highest BCUT2D eigenvalue weighted by atomic mass is 15.3. The lowest BCUT2D eigenvalue weighted by molar-refractivity contribution is 0.661. The quantitative estimate of drug-likeness (QED) is 0.607. The van der Waals surface area contributed by atoms with Crippen molar-refractivity contribution >= 4 is 11.3 Å². The molecule has 0 aliphatic carbocycles. The average Bonchev–Trinajstić information content (AvgIpc) is 3.27. The van der Waals surface area contributed by atoms with Gasteiger partial charge in [0, 0.05) is 25.6 Å². The highest BCUT2D eigenvalue weighted by Crippen LogP contribution is 2.16. The first-order chi connectivity index (χ1) is 11.7. The van der Waals surface area contributed by atoms with E-state index in [1.54, 1.807) is 11.0 Å². The van der Waals surface area contributed by atoms with Crippen molar-refractivity contribution in [3.8, 4) is 0 Å². The van der Waals surface area contributed by atoms with Crippen LogP contribution >= 0.6 is 0 Å². The van der Waals surface area contributed by atoms with Crippen LogP contribution in [-0.2, 0) is 13.6 Å². The minimum atomic E-state index is 0.0466. The van der Waals surface area contributed by atoms with Gasteiger partial charge in [-0.25, -0.2) is 9.97 Å². The van der Waals surface area contributed by atoms with Crippen molar-refractivity contribution in [1.82, 2.24) is 33.9 Å². The Hall–Kier alpha value is -3.16. The Kier molecular flexibility index (Phi) is 3.49. The second-order valence-electron chi connectivity index (χ2n) is 5.73. The predicted octanol–water partition coefficient (Wildman–Crippen LogP) is 1.88. The largest absolute Gasteiger partial charge is 0.373 e. The van der Waals surface area contributed by atoms with E-state index in [2.05, 4.69) is 25.5 Å². The maximum absolute atomic E-state index is 4.59. The molecule has 4 aromatic rings. The van der Waals surface area contributed by atoms with E-state index in [0.717, 1.165) is 22.9 Å². The van der Waals surface area contributed by atoms with Gasteiger partial charge in [0.05, 0.1) is 30.2 Å². The molecule has 4 aromatic heterocycles. The molecule has 0 saturated heterocycles. The minimum absolute atomic E-state index is 0.0466. The van der Waals surface area contributed by atoms with Crippen molar-refractivity contribution in [1.29, 1.82) is 0 Å². The van der Waals surface area contributed by atoms with Crippen LogP contribution in [0.15, 0.2) is 49.3 Å². The van der Waals surface area contributed by atoms with E-state index in [4.69, 9.17) is 0 Å². The molecule has 8 heteroatoms. The van der Waals surface area contributed by atoms with Gasteiger partial charge in [-0.15, -0.1) is 0 Å². The van der Waals surface area contributed by atoms with Crippen LogP contribution in [0, 0.1) is 0 Å². The van der Waals surface area contributed by atoms with Gasteiger partial charge in [0.2, 0.25) is 0 Å². The van der Waals surface area contributed by atoms with Crippen molar-refractivity contribution in [2.75, 3.05) is 5.32 Å². The van der Waals surface area contributed by atoms with Crippen molar-refractivity contribution in [3.63, 3.8) is 0 Å². The van der Waals surface area contributed by atoms with Gasteiger partial charge in [0.15, 0.2) is 0 Å². The number of rotatable bonds is 5. The van der Waals surface area contributed by atoms with E-state index in [0.29, 0.717) is 6.54 Å². The standard InChI is InChI=1S/C16H18N8/c1-12(16-17-11-19-22(16)2)20-13-7-18-24(9-13)10-14-8-23-6-4-3-5-15(23)21-14/h3-9,11-12,20H,10H2,1-2H3. The third kappa shape index (κ3) is 2.73. The zero-order valence-electron chi connectivity index (χ0n) is 13.5. The monoisotopic (exact) mass is 322 g/mol. The first kappa shape index (κ1) is 14.4. The molecule has 0 aliphatic heterocycles. The number of pyridine rings is 1. The summed E-state index contributed by atoms with van der Waals surface area (Å²) in [5.74, 6) is 0.878. The molecule has 1 N–H and O–H groups in total. The summed E-state index contributed by atoms with van der Waals surface area (Å²) in [6.07, 6.45) is 9.34. The highest BCUT2D eigenvalue weighted by molar-refractivity contribution is 5.41. The lowest BCUT2D eigenvalue weighted by Gasteiger charge is -2.12. The molecule has 0 bridgehead atoms. The third-order valence-electron chi connectivity index (χ3n) is 3.89. The first-order valence-corrected chi connectivity index (χ1v) is 7.74. The normalized spacial score (nSPS) is 12.6. The van der Waals surface area contributed by atoms with Crippen LogP contribution in [0.1, 0.15) is 24.5 Å². The zero-order chi connectivity index (χ0) is 16.5. The van der Waals surface area contributed by atoms with Crippen LogP contribution < -0.4 is 5.32 Å². The summed E-state index contributed by atoms with van der Waals surface area (Å²) in [6.45, 7) is 2.67. The summed E-state index contributed by atoms with van der Waals surface area (Å²) in [5.41, 5.74) is 2.85. The van der Waals surface area contributed by atoms with E-state index in [9.17, 15) is 0 Å². The van der Waals surface area contributed by atoms with Gasteiger partial charge < -0.3 is 9.72 Å². The van der Waals surface area contributed by atoms with E-state index < -0.39 is 0 Å². The number of aromatic nitrogens is 7. The molecule has 0 fully saturated rings. The summed E-state index contributed by atoms with van der Waals surface area (Å²) < 4.78 is 5.64. The summed E-state index contributed by atoms with van der Waals surface area (Å²) in [5, 5.41) is 11.9. The number of nitrogens with one attached hydrogen (secondary N) is 1. The van der Waals surface area contributed by atoms with Crippen molar-refractivity contribution in [2.45, 2.75) is 19.5 Å². The number of hydrogen-bond donors (Lipinski definition) is 1.